The van der Waals surface area contributed by atoms with Gasteiger partial charge in [0.15, 0.2) is 0 Å². The number of hydrogen-bond acceptors (Lipinski definition) is 2. The molecule has 1 aromatic rings. The second-order valence-corrected chi connectivity index (χ2v) is 2.25. The van der Waals surface area contributed by atoms with E-state index in [-0.39, 0.29) is 16.4 Å². The number of nitrogens with zero attached hydrogens (tertiary/aromatic N) is 1. The molecular weight excluding hydrogens is 184 g/mol. The van der Waals surface area contributed by atoms with Crippen LogP contribution in [0.2, 0.25) is 10.6 Å². The standard InChI is InChI=1S/C4H2Cl3NO/c5-1-2-3(6)9-4(7)8-2/h1H2. The zero-order valence-electron chi connectivity index (χ0n) is 4.20. The molecule has 50 valence electrons. The van der Waals surface area contributed by atoms with Gasteiger partial charge in [0.1, 0.15) is 5.69 Å². The molecule has 1 aromatic heterocycles. The van der Waals surface area contributed by atoms with Gasteiger partial charge in [-0.3, -0.25) is 0 Å². The van der Waals surface area contributed by atoms with Crippen LogP contribution in [0, 0.1) is 0 Å². The van der Waals surface area contributed by atoms with Gasteiger partial charge in [-0.15, -0.1) is 11.6 Å². The van der Waals surface area contributed by atoms with Crippen molar-refractivity contribution < 1.29 is 4.42 Å². The molecule has 0 bridgehead atoms. The van der Waals surface area contributed by atoms with Crippen LogP contribution >= 0.6 is 34.8 Å². The lowest BCUT2D eigenvalue weighted by atomic mass is 10.6. The van der Waals surface area contributed by atoms with E-state index in [1.807, 2.05) is 0 Å². The molecule has 0 aromatic carbocycles. The maximum Gasteiger partial charge on any atom is 0.293 e. The van der Waals surface area contributed by atoms with Gasteiger partial charge < -0.3 is 4.42 Å². The van der Waals surface area contributed by atoms with E-state index in [2.05, 4.69) is 9.40 Å². The first-order chi connectivity index (χ1) is 4.24. The highest BCUT2D eigenvalue weighted by molar-refractivity contribution is 6.32. The van der Waals surface area contributed by atoms with Crippen LogP contribution < -0.4 is 0 Å². The molecule has 0 unspecified atom stereocenters. The van der Waals surface area contributed by atoms with Crippen LogP contribution in [0.3, 0.4) is 0 Å². The normalized spacial score (nSPS) is 10.1. The lowest BCUT2D eigenvalue weighted by molar-refractivity contribution is 0.561. The fourth-order valence-electron chi connectivity index (χ4n) is 0.388. The molecule has 0 N–H and O–H groups in total. The molecule has 0 radical (unpaired) electrons. The van der Waals surface area contributed by atoms with Gasteiger partial charge >= 0.3 is 0 Å². The maximum atomic E-state index is 5.45. The maximum absolute atomic E-state index is 5.45. The average Bonchev–Trinajstić information content (AvgIpc) is 2.10. The fraction of sp³-hybridized carbons (Fsp3) is 0.250. The number of hydrogen-bond donors (Lipinski definition) is 0. The Morgan fingerprint density at radius 1 is 1.44 bits per heavy atom. The third kappa shape index (κ3) is 1.51. The fourth-order valence-corrected chi connectivity index (χ4v) is 1.04. The number of alkyl halides is 1. The first kappa shape index (κ1) is 7.19. The van der Waals surface area contributed by atoms with Crippen molar-refractivity contribution in [2.45, 2.75) is 5.88 Å². The Kier molecular flexibility index (Phi) is 2.22. The van der Waals surface area contributed by atoms with E-state index in [9.17, 15) is 0 Å². The van der Waals surface area contributed by atoms with Crippen molar-refractivity contribution in [1.29, 1.82) is 0 Å². The summed E-state index contributed by atoms with van der Waals surface area (Å²) < 4.78 is 4.64. The van der Waals surface area contributed by atoms with Crippen molar-refractivity contribution in [3.63, 3.8) is 0 Å². The van der Waals surface area contributed by atoms with Gasteiger partial charge in [0.05, 0.1) is 5.88 Å². The van der Waals surface area contributed by atoms with Gasteiger partial charge in [-0.2, -0.15) is 0 Å². The van der Waals surface area contributed by atoms with E-state index in [1.165, 1.54) is 0 Å². The zero-order valence-corrected chi connectivity index (χ0v) is 6.46. The summed E-state index contributed by atoms with van der Waals surface area (Å²) in [6.45, 7) is 0. The smallest absolute Gasteiger partial charge is 0.293 e. The first-order valence-electron chi connectivity index (χ1n) is 2.10. The topological polar surface area (TPSA) is 26.0 Å². The summed E-state index contributed by atoms with van der Waals surface area (Å²) in [5, 5.41) is 0.186. The molecule has 0 aliphatic rings. The van der Waals surface area contributed by atoms with E-state index >= 15 is 0 Å². The number of rotatable bonds is 1. The van der Waals surface area contributed by atoms with E-state index < -0.39 is 0 Å². The second-order valence-electron chi connectivity index (χ2n) is 1.32. The minimum absolute atomic E-state index is 0.0238. The third-order valence-electron chi connectivity index (χ3n) is 0.750. The van der Waals surface area contributed by atoms with Crippen molar-refractivity contribution in [2.75, 3.05) is 0 Å². The molecule has 0 saturated carbocycles. The molecule has 9 heavy (non-hydrogen) atoms. The molecule has 5 heteroatoms. The van der Waals surface area contributed by atoms with E-state index in [0.717, 1.165) is 0 Å². The minimum atomic E-state index is 0.0238. The lowest BCUT2D eigenvalue weighted by Crippen LogP contribution is -1.74. The van der Waals surface area contributed by atoms with Gasteiger partial charge in [-0.25, -0.2) is 4.98 Å². The van der Waals surface area contributed by atoms with Crippen LogP contribution in [0.5, 0.6) is 0 Å². The lowest BCUT2D eigenvalue weighted by Gasteiger charge is -1.79. The van der Waals surface area contributed by atoms with Crippen molar-refractivity contribution in [3.8, 4) is 0 Å². The van der Waals surface area contributed by atoms with Gasteiger partial charge in [0.25, 0.3) is 5.35 Å². The monoisotopic (exact) mass is 185 g/mol. The van der Waals surface area contributed by atoms with Gasteiger partial charge in [-0.05, 0) is 23.2 Å². The Morgan fingerprint density at radius 3 is 2.33 bits per heavy atom. The molecule has 0 spiro atoms. The first-order valence-corrected chi connectivity index (χ1v) is 3.39. The van der Waals surface area contributed by atoms with E-state index in [1.54, 1.807) is 0 Å². The predicted octanol–water partition coefficient (Wildman–Crippen LogP) is 2.72. The summed E-state index contributed by atoms with van der Waals surface area (Å²) in [5.41, 5.74) is 0.475. The van der Waals surface area contributed by atoms with Crippen LogP contribution in [0.4, 0.5) is 0 Å². The summed E-state index contributed by atoms with van der Waals surface area (Å²) >= 11 is 16.2. The Bertz CT molecular complexity index is 210. The summed E-state index contributed by atoms with van der Waals surface area (Å²) in [7, 11) is 0. The Balaban J connectivity index is 3.01. The van der Waals surface area contributed by atoms with Crippen molar-refractivity contribution in [2.24, 2.45) is 0 Å². The van der Waals surface area contributed by atoms with Crippen LogP contribution in [0.1, 0.15) is 5.69 Å². The molecule has 0 amide bonds. The van der Waals surface area contributed by atoms with Crippen molar-refractivity contribution in [1.82, 2.24) is 4.98 Å². The summed E-state index contributed by atoms with van der Waals surface area (Å²) in [6.07, 6.45) is 0. The van der Waals surface area contributed by atoms with E-state index in [4.69, 9.17) is 34.8 Å². The molecule has 0 saturated heterocycles. The third-order valence-corrected chi connectivity index (χ3v) is 1.46. The SMILES string of the molecule is ClCc1nc(Cl)oc1Cl. The average molecular weight is 186 g/mol. The van der Waals surface area contributed by atoms with Crippen molar-refractivity contribution in [3.05, 3.63) is 16.3 Å². The summed E-state index contributed by atoms with van der Waals surface area (Å²) in [6, 6.07) is 0. The molecular formula is C4H2Cl3NO. The Hall–Kier alpha value is 0.0800. The van der Waals surface area contributed by atoms with Crippen LogP contribution in [0.25, 0.3) is 0 Å². The predicted molar refractivity (Wildman–Crippen MR) is 36.1 cm³/mol. The largest absolute Gasteiger partial charge is 0.415 e. The number of aromatic nitrogens is 1. The molecule has 2 nitrogen and oxygen atoms in total. The second kappa shape index (κ2) is 2.78. The molecule has 1 heterocycles. The van der Waals surface area contributed by atoms with E-state index in [0.29, 0.717) is 5.69 Å². The zero-order chi connectivity index (χ0) is 6.85. The summed E-state index contributed by atoms with van der Waals surface area (Å²) in [4.78, 5) is 3.66. The minimum Gasteiger partial charge on any atom is -0.415 e. The highest BCUT2D eigenvalue weighted by Gasteiger charge is 2.06. The van der Waals surface area contributed by atoms with Crippen LogP contribution in [-0.4, -0.2) is 4.98 Å². The van der Waals surface area contributed by atoms with Crippen LogP contribution in [-0.2, 0) is 5.88 Å². The Morgan fingerprint density at radius 2 is 2.11 bits per heavy atom. The number of oxazole rings is 1. The summed E-state index contributed by atoms with van der Waals surface area (Å²) in [5.74, 6) is 0.217. The molecule has 0 fully saturated rings. The number of halogens is 3. The van der Waals surface area contributed by atoms with Gasteiger partial charge in [0, 0.05) is 0 Å². The highest BCUT2D eigenvalue weighted by Crippen LogP contribution is 2.21. The molecule has 1 rings (SSSR count). The Labute approximate surface area is 66.7 Å². The van der Waals surface area contributed by atoms with Crippen molar-refractivity contribution >= 4 is 34.8 Å². The molecule has 0 aliphatic heterocycles. The molecule has 0 aliphatic carbocycles. The highest BCUT2D eigenvalue weighted by atomic mass is 35.5. The quantitative estimate of drug-likeness (QED) is 0.630. The molecule has 0 atom stereocenters. The van der Waals surface area contributed by atoms with Crippen LogP contribution in [0.15, 0.2) is 4.42 Å². The van der Waals surface area contributed by atoms with Gasteiger partial charge in [0.2, 0.25) is 5.22 Å². The van der Waals surface area contributed by atoms with Gasteiger partial charge in [-0.1, -0.05) is 0 Å².